The van der Waals surface area contributed by atoms with Gasteiger partial charge in [-0.3, -0.25) is 0 Å². The van der Waals surface area contributed by atoms with Crippen LogP contribution in [0, 0.1) is 0 Å². The highest BCUT2D eigenvalue weighted by Crippen LogP contribution is 2.53. The molecule has 0 bridgehead atoms. The molecule has 198 valence electrons. The van der Waals surface area contributed by atoms with Gasteiger partial charge in [-0.1, -0.05) is 135 Å². The predicted molar refractivity (Wildman–Crippen MR) is 177 cm³/mol. The zero-order valence-electron chi connectivity index (χ0n) is 23.6. The molecule has 0 N–H and O–H groups in total. The van der Waals surface area contributed by atoms with Crippen LogP contribution in [-0.2, 0) is 5.41 Å². The summed E-state index contributed by atoms with van der Waals surface area (Å²) in [6.45, 7) is 4.70. The third-order valence-electron chi connectivity index (χ3n) is 9.44. The van der Waals surface area contributed by atoms with E-state index >= 15 is 0 Å². The van der Waals surface area contributed by atoms with E-state index in [1.165, 1.54) is 76.8 Å². The second-order valence-corrected chi connectivity index (χ2v) is 12.1. The van der Waals surface area contributed by atoms with Gasteiger partial charge in [-0.2, -0.15) is 0 Å². The molecule has 0 radical (unpaired) electrons. The molecule has 8 aromatic rings. The molecule has 42 heavy (non-hydrogen) atoms. The highest BCUT2D eigenvalue weighted by atomic mass is 16.3. The zero-order valence-corrected chi connectivity index (χ0v) is 23.6. The minimum Gasteiger partial charge on any atom is -0.456 e. The van der Waals surface area contributed by atoms with E-state index in [1.54, 1.807) is 0 Å². The molecule has 0 aliphatic heterocycles. The van der Waals surface area contributed by atoms with Gasteiger partial charge in [0.25, 0.3) is 0 Å². The van der Waals surface area contributed by atoms with Crippen molar-refractivity contribution in [2.75, 3.05) is 0 Å². The molecule has 0 amide bonds. The minimum absolute atomic E-state index is 0.0891. The molecule has 1 aliphatic carbocycles. The second kappa shape index (κ2) is 8.44. The first-order chi connectivity index (χ1) is 20.6. The number of fused-ring (bicyclic) bond motifs is 2. The van der Waals surface area contributed by atoms with Crippen molar-refractivity contribution in [2.24, 2.45) is 0 Å². The van der Waals surface area contributed by atoms with Crippen molar-refractivity contribution in [1.82, 2.24) is 0 Å². The number of rotatable bonds is 3. The van der Waals surface area contributed by atoms with Gasteiger partial charge in [-0.15, -0.1) is 0 Å². The molecule has 1 aromatic heterocycles. The summed E-state index contributed by atoms with van der Waals surface area (Å²) in [4.78, 5) is 0. The van der Waals surface area contributed by atoms with Gasteiger partial charge in [0.2, 0.25) is 0 Å². The molecule has 0 saturated heterocycles. The molecular formula is C41H28O. The maximum Gasteiger partial charge on any atom is 0.135 e. The lowest BCUT2D eigenvalue weighted by Gasteiger charge is -2.25. The molecule has 0 atom stereocenters. The van der Waals surface area contributed by atoms with Crippen LogP contribution < -0.4 is 0 Å². The largest absolute Gasteiger partial charge is 0.456 e. The first-order valence-electron chi connectivity index (χ1n) is 14.7. The van der Waals surface area contributed by atoms with Crippen LogP contribution in [0.1, 0.15) is 25.0 Å². The highest BCUT2D eigenvalue weighted by Gasteiger charge is 2.38. The molecular weight excluding hydrogens is 508 g/mol. The van der Waals surface area contributed by atoms with Crippen molar-refractivity contribution in [1.29, 1.82) is 0 Å². The molecule has 1 heterocycles. The maximum atomic E-state index is 6.26. The van der Waals surface area contributed by atoms with E-state index in [0.717, 1.165) is 11.2 Å². The van der Waals surface area contributed by atoms with E-state index in [4.69, 9.17) is 4.42 Å². The summed E-state index contributed by atoms with van der Waals surface area (Å²) >= 11 is 0. The topological polar surface area (TPSA) is 13.1 Å². The first-order valence-corrected chi connectivity index (χ1v) is 14.7. The van der Waals surface area contributed by atoms with Crippen molar-refractivity contribution in [3.05, 3.63) is 145 Å². The van der Waals surface area contributed by atoms with E-state index < -0.39 is 0 Å². The summed E-state index contributed by atoms with van der Waals surface area (Å²) in [7, 11) is 0. The van der Waals surface area contributed by atoms with Gasteiger partial charge in [-0.05, 0) is 78.2 Å². The Kier molecular flexibility index (Phi) is 4.73. The molecule has 7 aromatic carbocycles. The molecule has 1 aliphatic rings. The smallest absolute Gasteiger partial charge is 0.135 e. The van der Waals surface area contributed by atoms with Crippen LogP contribution in [0.25, 0.3) is 76.9 Å². The van der Waals surface area contributed by atoms with E-state index in [2.05, 4.69) is 147 Å². The van der Waals surface area contributed by atoms with Crippen LogP contribution >= 0.6 is 0 Å². The standard InChI is InChI=1S/C41H28O/c1-41(2)33-17-10-18-34-38(33)39-35(42-34)24-23-28(40(39)41)25-19-21-27(22-20-25)37-31-15-8-6-13-29(31)36(26-11-4-3-5-12-26)30-14-7-9-16-32(30)37/h3-24H,1-2H3. The Morgan fingerprint density at radius 1 is 0.429 bits per heavy atom. The average molecular weight is 537 g/mol. The van der Waals surface area contributed by atoms with Crippen molar-refractivity contribution in [3.63, 3.8) is 0 Å². The molecule has 1 heteroatoms. The molecule has 1 nitrogen and oxygen atoms in total. The summed E-state index contributed by atoms with van der Waals surface area (Å²) in [5.41, 5.74) is 12.2. The van der Waals surface area contributed by atoms with Gasteiger partial charge in [0.05, 0.1) is 0 Å². The average Bonchev–Trinajstić information content (AvgIpc) is 3.53. The predicted octanol–water partition coefficient (Wildman–Crippen LogP) is 11.5. The quantitative estimate of drug-likeness (QED) is 0.205. The Morgan fingerprint density at radius 3 is 1.57 bits per heavy atom. The number of hydrogen-bond donors (Lipinski definition) is 0. The van der Waals surface area contributed by atoms with Gasteiger partial charge in [0.1, 0.15) is 11.2 Å². The van der Waals surface area contributed by atoms with Gasteiger partial charge < -0.3 is 4.42 Å². The Hall–Kier alpha value is -5.14. The van der Waals surface area contributed by atoms with Crippen LogP contribution in [0.5, 0.6) is 0 Å². The summed E-state index contributed by atoms with van der Waals surface area (Å²) in [5, 5.41) is 7.68. The zero-order chi connectivity index (χ0) is 28.0. The Labute approximate surface area is 244 Å². The van der Waals surface area contributed by atoms with E-state index in [-0.39, 0.29) is 5.41 Å². The lowest BCUT2D eigenvalue weighted by molar-refractivity contribution is 0.643. The Bertz CT molecular complexity index is 2300. The van der Waals surface area contributed by atoms with E-state index in [0.29, 0.717) is 0 Å². The number of hydrogen-bond acceptors (Lipinski definition) is 1. The second-order valence-electron chi connectivity index (χ2n) is 12.1. The Morgan fingerprint density at radius 2 is 0.952 bits per heavy atom. The third-order valence-corrected chi connectivity index (χ3v) is 9.44. The van der Waals surface area contributed by atoms with Crippen LogP contribution in [-0.4, -0.2) is 0 Å². The molecule has 9 rings (SSSR count). The van der Waals surface area contributed by atoms with Crippen molar-refractivity contribution in [3.8, 4) is 33.4 Å². The molecule has 0 fully saturated rings. The third kappa shape index (κ3) is 3.08. The summed E-state index contributed by atoms with van der Waals surface area (Å²) in [5.74, 6) is 0. The van der Waals surface area contributed by atoms with Gasteiger partial charge >= 0.3 is 0 Å². The van der Waals surface area contributed by atoms with Gasteiger partial charge in [0.15, 0.2) is 0 Å². The Balaban J connectivity index is 1.26. The lowest BCUT2D eigenvalue weighted by Crippen LogP contribution is -2.16. The molecule has 0 spiro atoms. The fourth-order valence-corrected chi connectivity index (χ4v) is 7.63. The van der Waals surface area contributed by atoms with E-state index in [1.807, 2.05) is 0 Å². The van der Waals surface area contributed by atoms with Crippen LogP contribution in [0.3, 0.4) is 0 Å². The minimum atomic E-state index is -0.0891. The normalized spacial score (nSPS) is 13.7. The lowest BCUT2D eigenvalue weighted by atomic mass is 9.78. The van der Waals surface area contributed by atoms with Crippen LogP contribution in [0.2, 0.25) is 0 Å². The monoisotopic (exact) mass is 536 g/mol. The summed E-state index contributed by atoms with van der Waals surface area (Å²) in [6.07, 6.45) is 0. The first kappa shape index (κ1) is 23.6. The van der Waals surface area contributed by atoms with Gasteiger partial charge in [-0.25, -0.2) is 0 Å². The van der Waals surface area contributed by atoms with Crippen molar-refractivity contribution in [2.45, 2.75) is 19.3 Å². The van der Waals surface area contributed by atoms with Crippen LogP contribution in [0.15, 0.2) is 138 Å². The highest BCUT2D eigenvalue weighted by molar-refractivity contribution is 6.21. The van der Waals surface area contributed by atoms with Gasteiger partial charge in [0, 0.05) is 16.2 Å². The number of furan rings is 1. The number of benzene rings is 7. The fraction of sp³-hybridized carbons (Fsp3) is 0.0732. The summed E-state index contributed by atoms with van der Waals surface area (Å²) < 4.78 is 6.26. The molecule has 0 unspecified atom stereocenters. The SMILES string of the molecule is CC1(C)c2cccc3oc4ccc(-c5ccc(-c6c7ccccc7c(-c7ccccc7)c7ccccc67)cc5)c1c4c23. The maximum absolute atomic E-state index is 6.26. The van der Waals surface area contributed by atoms with Crippen molar-refractivity contribution < 1.29 is 4.42 Å². The van der Waals surface area contributed by atoms with Crippen LogP contribution in [0.4, 0.5) is 0 Å². The molecule has 0 saturated carbocycles. The van der Waals surface area contributed by atoms with Crippen molar-refractivity contribution >= 4 is 43.5 Å². The van der Waals surface area contributed by atoms with E-state index in [9.17, 15) is 0 Å². The summed E-state index contributed by atoms with van der Waals surface area (Å²) in [6, 6.07) is 48.6. The fourth-order valence-electron chi connectivity index (χ4n) is 7.63.